The molecule has 0 aliphatic carbocycles. The summed E-state index contributed by atoms with van der Waals surface area (Å²) >= 11 is 13.3. The van der Waals surface area contributed by atoms with Crippen molar-refractivity contribution in [2.75, 3.05) is 5.32 Å². The minimum Gasteiger partial charge on any atom is -0.308 e. The monoisotopic (exact) mass is 420 g/mol. The Labute approximate surface area is 172 Å². The van der Waals surface area contributed by atoms with E-state index in [0.717, 1.165) is 10.8 Å². The minimum absolute atomic E-state index is 0.216. The number of hydrogen-bond acceptors (Lipinski definition) is 4. The molecule has 3 aromatic rings. The Bertz CT molecular complexity index is 990. The number of pyridine rings is 1. The predicted molar refractivity (Wildman–Crippen MR) is 111 cm³/mol. The van der Waals surface area contributed by atoms with E-state index in [1.54, 1.807) is 6.20 Å². The summed E-state index contributed by atoms with van der Waals surface area (Å²) in [7, 11) is 0. The maximum Gasteiger partial charge on any atom is 0.238 e. The first-order valence-corrected chi connectivity index (χ1v) is 9.88. The molecule has 1 N–H and O–H groups in total. The number of aromatic nitrogens is 3. The summed E-state index contributed by atoms with van der Waals surface area (Å²) in [5.41, 5.74) is 3.44. The average Bonchev–Trinajstić information content (AvgIpc) is 3.07. The van der Waals surface area contributed by atoms with Crippen molar-refractivity contribution in [1.82, 2.24) is 14.5 Å². The van der Waals surface area contributed by atoms with Crippen molar-refractivity contribution in [2.24, 2.45) is 0 Å². The van der Waals surface area contributed by atoms with E-state index in [9.17, 15) is 4.79 Å². The molecule has 0 spiro atoms. The van der Waals surface area contributed by atoms with Crippen molar-refractivity contribution in [2.45, 2.75) is 31.2 Å². The number of benzene rings is 1. The lowest BCUT2D eigenvalue weighted by Crippen LogP contribution is -2.23. The Kier molecular flexibility index (Phi) is 6.09. The number of thioether (sulfide) groups is 1. The number of rotatable bonds is 5. The van der Waals surface area contributed by atoms with Crippen LogP contribution in [0.3, 0.4) is 0 Å². The largest absolute Gasteiger partial charge is 0.308 e. The third kappa shape index (κ3) is 4.64. The average molecular weight is 421 g/mol. The number of amides is 1. The molecule has 2 heterocycles. The molecule has 0 radical (unpaired) electrons. The molecular weight excluding hydrogens is 403 g/mol. The Balaban J connectivity index is 1.74. The summed E-state index contributed by atoms with van der Waals surface area (Å²) in [5.74, 6) is 0.0716. The fourth-order valence-electron chi connectivity index (χ4n) is 2.39. The van der Waals surface area contributed by atoms with E-state index in [0.29, 0.717) is 10.0 Å². The molecule has 27 heavy (non-hydrogen) atoms. The molecule has 0 aliphatic heterocycles. The second kappa shape index (κ2) is 8.33. The van der Waals surface area contributed by atoms with Gasteiger partial charge < -0.3 is 5.32 Å². The van der Waals surface area contributed by atoms with Crippen molar-refractivity contribution in [3.8, 4) is 5.69 Å². The van der Waals surface area contributed by atoms with Gasteiger partial charge in [-0.1, -0.05) is 41.0 Å². The second-order valence-electron chi connectivity index (χ2n) is 6.08. The lowest BCUT2D eigenvalue weighted by atomic mass is 10.1. The number of halogens is 2. The normalized spacial score (nSPS) is 12.0. The smallest absolute Gasteiger partial charge is 0.238 e. The van der Waals surface area contributed by atoms with E-state index in [2.05, 4.69) is 41.3 Å². The zero-order valence-corrected chi connectivity index (χ0v) is 17.4. The second-order valence-corrected chi connectivity index (χ2v) is 8.23. The topological polar surface area (TPSA) is 59.8 Å². The lowest BCUT2D eigenvalue weighted by molar-refractivity contribution is -0.115. The zero-order valence-electron chi connectivity index (χ0n) is 15.0. The molecule has 0 fully saturated rings. The molecule has 8 heteroatoms. The van der Waals surface area contributed by atoms with Gasteiger partial charge in [0.15, 0.2) is 11.0 Å². The highest BCUT2D eigenvalue weighted by Crippen LogP contribution is 2.27. The predicted octanol–water partition coefficient (Wildman–Crippen LogP) is 5.31. The van der Waals surface area contributed by atoms with E-state index in [1.165, 1.54) is 35.2 Å². The van der Waals surface area contributed by atoms with Crippen molar-refractivity contribution in [3.63, 3.8) is 0 Å². The number of hydrogen-bond donors (Lipinski definition) is 1. The molecule has 1 aromatic carbocycles. The van der Waals surface area contributed by atoms with E-state index < -0.39 is 5.25 Å². The van der Waals surface area contributed by atoms with Gasteiger partial charge in [0.05, 0.1) is 15.3 Å². The first-order chi connectivity index (χ1) is 12.8. The molecule has 2 aromatic heterocycles. The molecule has 3 rings (SSSR count). The van der Waals surface area contributed by atoms with Crippen LogP contribution in [0.15, 0.2) is 48.0 Å². The number of aryl methyl sites for hydroxylation is 2. The Morgan fingerprint density at radius 2 is 1.96 bits per heavy atom. The molecule has 1 atom stereocenters. The summed E-state index contributed by atoms with van der Waals surface area (Å²) in [6.07, 6.45) is 5.04. The van der Waals surface area contributed by atoms with Crippen LogP contribution < -0.4 is 5.32 Å². The van der Waals surface area contributed by atoms with E-state index >= 15 is 0 Å². The van der Waals surface area contributed by atoms with Crippen molar-refractivity contribution >= 4 is 46.7 Å². The van der Waals surface area contributed by atoms with Crippen molar-refractivity contribution in [1.29, 1.82) is 0 Å². The SMILES string of the molecule is Cc1ccc(-n2ccnc2SC(C)C(=O)Nc2ncc(Cl)cc2Cl)cc1C. The summed E-state index contributed by atoms with van der Waals surface area (Å²) in [5, 5.41) is 3.77. The van der Waals surface area contributed by atoms with Gasteiger partial charge in [0.1, 0.15) is 0 Å². The molecule has 0 aliphatic rings. The summed E-state index contributed by atoms with van der Waals surface area (Å²) < 4.78 is 1.97. The van der Waals surface area contributed by atoms with Gasteiger partial charge in [-0.15, -0.1) is 0 Å². The third-order valence-corrected chi connectivity index (χ3v) is 5.65. The number of anilines is 1. The fourth-order valence-corrected chi connectivity index (χ4v) is 3.70. The number of nitrogens with zero attached hydrogens (tertiary/aromatic N) is 3. The summed E-state index contributed by atoms with van der Waals surface area (Å²) in [6.45, 7) is 5.95. The highest BCUT2D eigenvalue weighted by atomic mass is 35.5. The van der Waals surface area contributed by atoms with Crippen LogP contribution in [-0.2, 0) is 4.79 Å². The van der Waals surface area contributed by atoms with Gasteiger partial charge in [-0.2, -0.15) is 0 Å². The van der Waals surface area contributed by atoms with Crippen LogP contribution in [0.25, 0.3) is 5.69 Å². The van der Waals surface area contributed by atoms with Crippen molar-refractivity contribution in [3.05, 3.63) is 64.0 Å². The highest BCUT2D eigenvalue weighted by Gasteiger charge is 2.19. The summed E-state index contributed by atoms with van der Waals surface area (Å²) in [6, 6.07) is 7.75. The molecule has 1 amide bonds. The van der Waals surface area contributed by atoms with Crippen molar-refractivity contribution < 1.29 is 4.79 Å². The molecule has 0 saturated carbocycles. The van der Waals surface area contributed by atoms with Crippen LogP contribution >= 0.6 is 35.0 Å². The zero-order chi connectivity index (χ0) is 19.6. The van der Waals surface area contributed by atoms with E-state index in [-0.39, 0.29) is 11.7 Å². The third-order valence-electron chi connectivity index (χ3n) is 4.08. The van der Waals surface area contributed by atoms with Gasteiger partial charge in [0, 0.05) is 24.3 Å². The maximum absolute atomic E-state index is 12.5. The minimum atomic E-state index is -0.397. The number of carbonyl (C=O) groups excluding carboxylic acids is 1. The van der Waals surface area contributed by atoms with Crippen LogP contribution in [0, 0.1) is 13.8 Å². The number of imidazole rings is 1. The number of carbonyl (C=O) groups is 1. The standard InChI is InChI=1S/C19H18Cl2N4OS/c1-11-4-5-15(8-12(11)2)25-7-6-22-19(25)27-13(3)18(26)24-17-16(21)9-14(20)10-23-17/h4-10,13H,1-3H3,(H,23,24,26). The van der Waals surface area contributed by atoms with Gasteiger partial charge >= 0.3 is 0 Å². The quantitative estimate of drug-likeness (QED) is 0.568. The van der Waals surface area contributed by atoms with Gasteiger partial charge in [-0.25, -0.2) is 9.97 Å². The van der Waals surface area contributed by atoms with Gasteiger partial charge in [0.25, 0.3) is 0 Å². The first-order valence-electron chi connectivity index (χ1n) is 8.24. The summed E-state index contributed by atoms with van der Waals surface area (Å²) in [4.78, 5) is 21.0. The molecular formula is C19H18Cl2N4OS. The Morgan fingerprint density at radius 1 is 1.19 bits per heavy atom. The molecule has 1 unspecified atom stereocenters. The van der Waals surface area contributed by atoms with Crippen LogP contribution in [0.2, 0.25) is 10.0 Å². The van der Waals surface area contributed by atoms with E-state index in [1.807, 2.05) is 23.8 Å². The van der Waals surface area contributed by atoms with Gasteiger partial charge in [-0.05, 0) is 50.1 Å². The molecule has 5 nitrogen and oxygen atoms in total. The number of nitrogens with one attached hydrogen (secondary N) is 1. The molecule has 0 saturated heterocycles. The Hall–Kier alpha value is -2.02. The maximum atomic E-state index is 12.5. The molecule has 140 valence electrons. The highest BCUT2D eigenvalue weighted by molar-refractivity contribution is 8.00. The first kappa shape index (κ1) is 19.7. The van der Waals surface area contributed by atoms with Crippen LogP contribution in [0.5, 0.6) is 0 Å². The fraction of sp³-hybridized carbons (Fsp3) is 0.211. The van der Waals surface area contributed by atoms with Crippen LogP contribution in [0.4, 0.5) is 5.82 Å². The van der Waals surface area contributed by atoms with Crippen LogP contribution in [-0.4, -0.2) is 25.7 Å². The Morgan fingerprint density at radius 3 is 2.67 bits per heavy atom. The van der Waals surface area contributed by atoms with Gasteiger partial charge in [-0.3, -0.25) is 9.36 Å². The van der Waals surface area contributed by atoms with Crippen LogP contribution in [0.1, 0.15) is 18.1 Å². The van der Waals surface area contributed by atoms with E-state index in [4.69, 9.17) is 23.2 Å². The van der Waals surface area contributed by atoms with Gasteiger partial charge in [0.2, 0.25) is 5.91 Å². The molecule has 0 bridgehead atoms. The lowest BCUT2D eigenvalue weighted by Gasteiger charge is -2.14.